The minimum absolute atomic E-state index is 0.0898. The smallest absolute Gasteiger partial charge is 0.465 e. The number of hydrogen-bond donors (Lipinski definition) is 0. The number of carbonyl (C=O) groups is 1. The highest BCUT2D eigenvalue weighted by Gasteiger charge is 2.51. The average molecular weight is 328 g/mol. The predicted octanol–water partition coefficient (Wildman–Crippen LogP) is 2.37. The monoisotopic (exact) mass is 328 g/mol. The van der Waals surface area contributed by atoms with Gasteiger partial charge < -0.3 is 18.8 Å². The highest BCUT2D eigenvalue weighted by molar-refractivity contribution is 6.62. The van der Waals surface area contributed by atoms with Gasteiger partial charge in [-0.1, -0.05) is 6.07 Å². The summed E-state index contributed by atoms with van der Waals surface area (Å²) in [6, 6.07) is 4.22. The first-order valence-corrected chi connectivity index (χ1v) is 7.10. The van der Waals surface area contributed by atoms with E-state index < -0.39 is 30.9 Å². The molecule has 1 heterocycles. The molecule has 0 spiro atoms. The van der Waals surface area contributed by atoms with Crippen molar-refractivity contribution in [3.8, 4) is 5.75 Å². The molecular weight excluding hydrogens is 309 g/mol. The van der Waals surface area contributed by atoms with Gasteiger partial charge in [0.25, 0.3) is 0 Å². The van der Waals surface area contributed by atoms with Crippen LogP contribution in [0.5, 0.6) is 5.75 Å². The van der Waals surface area contributed by atoms with Gasteiger partial charge in [-0.05, 0) is 45.3 Å². The van der Waals surface area contributed by atoms with E-state index in [1.165, 1.54) is 12.1 Å². The number of halogens is 2. The lowest BCUT2D eigenvalue weighted by molar-refractivity contribution is -0.0503. The summed E-state index contributed by atoms with van der Waals surface area (Å²) < 4.78 is 45.9. The van der Waals surface area contributed by atoms with Gasteiger partial charge in [-0.25, -0.2) is 4.79 Å². The molecule has 1 aromatic rings. The van der Waals surface area contributed by atoms with Gasteiger partial charge in [0.1, 0.15) is 11.3 Å². The third kappa shape index (κ3) is 3.48. The molecule has 23 heavy (non-hydrogen) atoms. The first-order valence-electron chi connectivity index (χ1n) is 7.10. The van der Waals surface area contributed by atoms with Crippen LogP contribution in [-0.2, 0) is 14.0 Å². The van der Waals surface area contributed by atoms with E-state index in [1.807, 2.05) is 27.7 Å². The molecule has 0 radical (unpaired) electrons. The summed E-state index contributed by atoms with van der Waals surface area (Å²) >= 11 is 0. The van der Waals surface area contributed by atoms with Crippen molar-refractivity contribution in [1.82, 2.24) is 0 Å². The zero-order valence-corrected chi connectivity index (χ0v) is 13.7. The fourth-order valence-corrected chi connectivity index (χ4v) is 2.14. The van der Waals surface area contributed by atoms with E-state index in [0.29, 0.717) is 5.46 Å². The maximum absolute atomic E-state index is 12.6. The topological polar surface area (TPSA) is 54.0 Å². The molecule has 0 amide bonds. The Morgan fingerprint density at radius 3 is 2.22 bits per heavy atom. The Bertz CT molecular complexity index is 588. The molecule has 1 aromatic carbocycles. The molecule has 0 atom stereocenters. The van der Waals surface area contributed by atoms with Crippen LogP contribution in [0.3, 0.4) is 0 Å². The molecule has 0 aromatic heterocycles. The van der Waals surface area contributed by atoms with Crippen molar-refractivity contribution in [3.05, 3.63) is 23.8 Å². The van der Waals surface area contributed by atoms with Gasteiger partial charge in [0.15, 0.2) is 0 Å². The normalized spacial score (nSPS) is 19.0. The van der Waals surface area contributed by atoms with Gasteiger partial charge in [-0.2, -0.15) is 8.78 Å². The number of rotatable bonds is 4. The second-order valence-corrected chi connectivity index (χ2v) is 6.21. The van der Waals surface area contributed by atoms with Crippen molar-refractivity contribution in [3.63, 3.8) is 0 Å². The molecule has 126 valence electrons. The van der Waals surface area contributed by atoms with Crippen molar-refractivity contribution in [2.75, 3.05) is 7.11 Å². The quantitative estimate of drug-likeness (QED) is 0.627. The largest absolute Gasteiger partial charge is 0.494 e. The minimum Gasteiger partial charge on any atom is -0.465 e. The van der Waals surface area contributed by atoms with Gasteiger partial charge in [0.2, 0.25) is 0 Å². The van der Waals surface area contributed by atoms with Gasteiger partial charge in [0, 0.05) is 0 Å². The fraction of sp³-hybridized carbons (Fsp3) is 0.533. The van der Waals surface area contributed by atoms with E-state index in [4.69, 9.17) is 9.31 Å². The Labute approximate surface area is 134 Å². The second kappa shape index (κ2) is 6.09. The van der Waals surface area contributed by atoms with Crippen LogP contribution in [0.25, 0.3) is 0 Å². The number of hydrogen-bond acceptors (Lipinski definition) is 5. The van der Waals surface area contributed by atoms with Crippen molar-refractivity contribution >= 4 is 18.6 Å². The van der Waals surface area contributed by atoms with Crippen LogP contribution < -0.4 is 10.2 Å². The highest BCUT2D eigenvalue weighted by Crippen LogP contribution is 2.36. The van der Waals surface area contributed by atoms with Crippen LogP contribution in [-0.4, -0.2) is 38.0 Å². The zero-order valence-electron chi connectivity index (χ0n) is 13.7. The number of alkyl halides is 2. The van der Waals surface area contributed by atoms with E-state index in [2.05, 4.69) is 9.47 Å². The van der Waals surface area contributed by atoms with Crippen LogP contribution in [0.15, 0.2) is 18.2 Å². The highest BCUT2D eigenvalue weighted by atomic mass is 19.3. The SMILES string of the molecule is COC(=O)c1ccc(B2OC(C)(C)C(C)(C)O2)cc1OC(F)F. The number of carbonyl (C=O) groups excluding carboxylic acids is 1. The third-order valence-corrected chi connectivity index (χ3v) is 4.15. The third-order valence-electron chi connectivity index (χ3n) is 4.15. The summed E-state index contributed by atoms with van der Waals surface area (Å²) in [5.74, 6) is -1.04. The molecule has 0 unspecified atom stereocenters. The van der Waals surface area contributed by atoms with E-state index in [9.17, 15) is 13.6 Å². The molecule has 0 bridgehead atoms. The summed E-state index contributed by atoms with van der Waals surface area (Å²) in [6.07, 6.45) is 0. The second-order valence-electron chi connectivity index (χ2n) is 6.21. The van der Waals surface area contributed by atoms with Crippen molar-refractivity contribution in [1.29, 1.82) is 0 Å². The molecule has 1 aliphatic heterocycles. The molecule has 1 fully saturated rings. The van der Waals surface area contributed by atoms with Crippen LogP contribution in [0, 0.1) is 0 Å². The number of ether oxygens (including phenoxy) is 2. The number of benzene rings is 1. The molecule has 2 rings (SSSR count). The first kappa shape index (κ1) is 17.7. The van der Waals surface area contributed by atoms with Crippen LogP contribution in [0.2, 0.25) is 0 Å². The van der Waals surface area contributed by atoms with Crippen molar-refractivity contribution < 1.29 is 32.4 Å². The van der Waals surface area contributed by atoms with Crippen LogP contribution in [0.4, 0.5) is 8.78 Å². The lowest BCUT2D eigenvalue weighted by Gasteiger charge is -2.32. The Morgan fingerprint density at radius 1 is 1.17 bits per heavy atom. The molecule has 1 saturated heterocycles. The summed E-state index contributed by atoms with van der Waals surface area (Å²) in [6.45, 7) is 4.46. The van der Waals surface area contributed by atoms with E-state index in [0.717, 1.165) is 7.11 Å². The fourth-order valence-electron chi connectivity index (χ4n) is 2.14. The first-order chi connectivity index (χ1) is 10.6. The average Bonchev–Trinajstić information content (AvgIpc) is 2.66. The zero-order chi connectivity index (χ0) is 17.4. The maximum Gasteiger partial charge on any atom is 0.494 e. The summed E-state index contributed by atoms with van der Waals surface area (Å²) in [7, 11) is 0.420. The van der Waals surface area contributed by atoms with Crippen LogP contribution in [0.1, 0.15) is 38.1 Å². The Kier molecular flexibility index (Phi) is 4.68. The molecule has 8 heteroatoms. The van der Waals surface area contributed by atoms with Crippen LogP contribution >= 0.6 is 0 Å². The molecule has 0 N–H and O–H groups in total. The number of esters is 1. The summed E-state index contributed by atoms with van der Waals surface area (Å²) in [5, 5.41) is 0. The molecular formula is C15H19BF2O5. The lowest BCUT2D eigenvalue weighted by Crippen LogP contribution is -2.41. The lowest BCUT2D eigenvalue weighted by atomic mass is 9.78. The van der Waals surface area contributed by atoms with Crippen molar-refractivity contribution in [2.24, 2.45) is 0 Å². The number of methoxy groups -OCH3 is 1. The molecule has 0 saturated carbocycles. The molecule has 5 nitrogen and oxygen atoms in total. The molecule has 1 aliphatic rings. The van der Waals surface area contributed by atoms with Crippen molar-refractivity contribution in [2.45, 2.75) is 45.5 Å². The Hall–Kier alpha value is -1.67. The van der Waals surface area contributed by atoms with E-state index in [1.54, 1.807) is 6.07 Å². The van der Waals surface area contributed by atoms with E-state index >= 15 is 0 Å². The maximum atomic E-state index is 12.6. The summed E-state index contributed by atoms with van der Waals surface area (Å²) in [4.78, 5) is 11.6. The Balaban J connectivity index is 2.36. The standard InChI is InChI=1S/C15H19BF2O5/c1-14(2)15(3,4)23-16(22-14)9-6-7-10(12(19)20-5)11(8-9)21-13(17)18/h6-8,13H,1-5H3. The van der Waals surface area contributed by atoms with E-state index in [-0.39, 0.29) is 11.3 Å². The van der Waals surface area contributed by atoms with Gasteiger partial charge in [-0.15, -0.1) is 0 Å². The summed E-state index contributed by atoms with van der Waals surface area (Å²) in [5.41, 5.74) is -0.745. The minimum atomic E-state index is -3.06. The van der Waals surface area contributed by atoms with Gasteiger partial charge >= 0.3 is 19.7 Å². The predicted molar refractivity (Wildman–Crippen MR) is 80.1 cm³/mol. The van der Waals surface area contributed by atoms with Gasteiger partial charge in [0.05, 0.1) is 18.3 Å². The Morgan fingerprint density at radius 2 is 1.74 bits per heavy atom. The molecule has 0 aliphatic carbocycles. The van der Waals surface area contributed by atoms with Gasteiger partial charge in [-0.3, -0.25) is 0 Å².